The van der Waals surface area contributed by atoms with Crippen molar-refractivity contribution in [3.05, 3.63) is 15.9 Å². The van der Waals surface area contributed by atoms with Gasteiger partial charge in [0.05, 0.1) is 5.56 Å². The van der Waals surface area contributed by atoms with Crippen molar-refractivity contribution in [1.29, 1.82) is 0 Å². The molecule has 0 radical (unpaired) electrons. The molecule has 0 spiro atoms. The Morgan fingerprint density at radius 2 is 2.00 bits per heavy atom. The van der Waals surface area contributed by atoms with Gasteiger partial charge in [-0.05, 0) is 13.3 Å². The smallest absolute Gasteiger partial charge is 0.271 e. The Kier molecular flexibility index (Phi) is 1.13. The number of nitrogens with two attached hydrogens (primary N) is 1. The number of hydrogen-bond acceptors (Lipinski definition) is 2. The highest BCUT2D eigenvalue weighted by Gasteiger charge is 2.17. The van der Waals surface area contributed by atoms with E-state index in [0.717, 1.165) is 19.5 Å². The van der Waals surface area contributed by atoms with Gasteiger partial charge in [0.25, 0.3) is 5.56 Å². The highest BCUT2D eigenvalue weighted by atomic mass is 16.1. The number of nitrogens with zero attached hydrogens (tertiary/aromatic N) is 2. The third-order valence-corrected chi connectivity index (χ3v) is 2.25. The lowest BCUT2D eigenvalue weighted by atomic mass is 10.3. The largest absolute Gasteiger partial charge is 0.384 e. The van der Waals surface area contributed by atoms with Gasteiger partial charge in [0.15, 0.2) is 0 Å². The molecule has 0 unspecified atom stereocenters. The molecule has 2 heterocycles. The fourth-order valence-corrected chi connectivity index (χ4v) is 1.57. The van der Waals surface area contributed by atoms with Crippen molar-refractivity contribution in [2.75, 3.05) is 5.73 Å². The maximum atomic E-state index is 11.3. The second-order valence-electron chi connectivity index (χ2n) is 2.92. The molecule has 0 aliphatic carbocycles. The van der Waals surface area contributed by atoms with Crippen LogP contribution in [0.5, 0.6) is 0 Å². The third kappa shape index (κ3) is 0.664. The lowest BCUT2D eigenvalue weighted by molar-refractivity contribution is 0.601. The summed E-state index contributed by atoms with van der Waals surface area (Å²) in [5.74, 6) is 0.632. The highest BCUT2D eigenvalue weighted by Crippen LogP contribution is 2.13. The summed E-state index contributed by atoms with van der Waals surface area (Å²) in [6, 6.07) is 0. The Balaban J connectivity index is 2.78. The Labute approximate surface area is 64.2 Å². The molecule has 1 aromatic rings. The molecule has 1 aromatic heterocycles. The van der Waals surface area contributed by atoms with Crippen LogP contribution in [-0.2, 0) is 13.1 Å². The van der Waals surface area contributed by atoms with Crippen molar-refractivity contribution >= 4 is 5.82 Å². The first-order valence-corrected chi connectivity index (χ1v) is 3.77. The molecule has 4 heteroatoms. The third-order valence-electron chi connectivity index (χ3n) is 2.25. The molecule has 0 amide bonds. The molecule has 0 saturated carbocycles. The number of nitrogen functional groups attached to an aromatic ring is 1. The second kappa shape index (κ2) is 1.90. The zero-order valence-electron chi connectivity index (χ0n) is 6.50. The van der Waals surface area contributed by atoms with Crippen molar-refractivity contribution < 1.29 is 0 Å². The van der Waals surface area contributed by atoms with E-state index in [1.54, 1.807) is 11.6 Å². The second-order valence-corrected chi connectivity index (χ2v) is 2.92. The van der Waals surface area contributed by atoms with Crippen LogP contribution in [-0.4, -0.2) is 9.36 Å². The topological polar surface area (TPSA) is 52.9 Å². The molecule has 0 atom stereocenters. The van der Waals surface area contributed by atoms with Crippen LogP contribution in [0.25, 0.3) is 0 Å². The summed E-state index contributed by atoms with van der Waals surface area (Å²) in [7, 11) is 0. The van der Waals surface area contributed by atoms with Gasteiger partial charge in [-0.1, -0.05) is 0 Å². The normalized spacial score (nSPS) is 15.4. The number of hydrogen-bond donors (Lipinski definition) is 1. The highest BCUT2D eigenvalue weighted by molar-refractivity contribution is 5.38. The molecular weight excluding hydrogens is 142 g/mol. The average molecular weight is 153 g/mol. The van der Waals surface area contributed by atoms with E-state index in [-0.39, 0.29) is 5.56 Å². The Morgan fingerprint density at radius 3 is 2.64 bits per heavy atom. The fourth-order valence-electron chi connectivity index (χ4n) is 1.57. The van der Waals surface area contributed by atoms with Gasteiger partial charge in [-0.3, -0.25) is 9.48 Å². The quantitative estimate of drug-likeness (QED) is 0.568. The molecule has 4 nitrogen and oxygen atoms in total. The van der Waals surface area contributed by atoms with Crippen molar-refractivity contribution in [3.8, 4) is 0 Å². The number of anilines is 1. The van der Waals surface area contributed by atoms with E-state index >= 15 is 0 Å². The summed E-state index contributed by atoms with van der Waals surface area (Å²) < 4.78 is 3.57. The molecule has 0 aromatic carbocycles. The minimum atomic E-state index is 0.0694. The first-order valence-electron chi connectivity index (χ1n) is 3.77. The molecular formula is C7H11N3O. The van der Waals surface area contributed by atoms with Crippen LogP contribution < -0.4 is 11.3 Å². The van der Waals surface area contributed by atoms with Gasteiger partial charge in [-0.25, -0.2) is 4.68 Å². The zero-order chi connectivity index (χ0) is 8.01. The summed E-state index contributed by atoms with van der Waals surface area (Å²) in [5.41, 5.74) is 6.45. The molecule has 2 rings (SSSR count). The van der Waals surface area contributed by atoms with E-state index in [4.69, 9.17) is 5.73 Å². The first kappa shape index (κ1) is 6.52. The van der Waals surface area contributed by atoms with Crippen LogP contribution in [0.3, 0.4) is 0 Å². The van der Waals surface area contributed by atoms with Gasteiger partial charge in [0, 0.05) is 13.1 Å². The lowest BCUT2D eigenvalue weighted by Crippen LogP contribution is -2.17. The summed E-state index contributed by atoms with van der Waals surface area (Å²) in [5, 5.41) is 0. The summed E-state index contributed by atoms with van der Waals surface area (Å²) in [6.45, 7) is 3.47. The lowest BCUT2D eigenvalue weighted by Gasteiger charge is -1.99. The standard InChI is InChI=1S/C7H11N3O/c1-5-6(8)9-3-2-4-10(9)7(5)11/h2-4,8H2,1H3. The monoisotopic (exact) mass is 153 g/mol. The molecule has 2 N–H and O–H groups in total. The Morgan fingerprint density at radius 1 is 1.36 bits per heavy atom. The van der Waals surface area contributed by atoms with Gasteiger partial charge >= 0.3 is 0 Å². The van der Waals surface area contributed by atoms with E-state index in [9.17, 15) is 4.79 Å². The minimum Gasteiger partial charge on any atom is -0.384 e. The van der Waals surface area contributed by atoms with Crippen molar-refractivity contribution in [3.63, 3.8) is 0 Å². The zero-order valence-corrected chi connectivity index (χ0v) is 6.50. The molecule has 60 valence electrons. The molecule has 0 fully saturated rings. The van der Waals surface area contributed by atoms with Crippen LogP contribution in [0.4, 0.5) is 5.82 Å². The fraction of sp³-hybridized carbons (Fsp3) is 0.571. The van der Waals surface area contributed by atoms with Gasteiger partial charge < -0.3 is 5.73 Å². The number of aromatic nitrogens is 2. The molecule has 1 aliphatic heterocycles. The van der Waals surface area contributed by atoms with E-state index in [2.05, 4.69) is 0 Å². The molecule has 11 heavy (non-hydrogen) atoms. The van der Waals surface area contributed by atoms with Crippen LogP contribution in [0.15, 0.2) is 4.79 Å². The van der Waals surface area contributed by atoms with Gasteiger partial charge in [-0.2, -0.15) is 0 Å². The van der Waals surface area contributed by atoms with Gasteiger partial charge in [0.2, 0.25) is 0 Å². The van der Waals surface area contributed by atoms with Crippen LogP contribution in [0, 0.1) is 6.92 Å². The van der Waals surface area contributed by atoms with E-state index in [0.29, 0.717) is 11.4 Å². The SMILES string of the molecule is Cc1c(N)n2n(c1=O)CCC2. The summed E-state index contributed by atoms with van der Waals surface area (Å²) in [4.78, 5) is 11.3. The van der Waals surface area contributed by atoms with Gasteiger partial charge in [0.1, 0.15) is 5.82 Å². The van der Waals surface area contributed by atoms with E-state index in [1.807, 2.05) is 4.68 Å². The molecule has 1 aliphatic rings. The first-order chi connectivity index (χ1) is 5.22. The van der Waals surface area contributed by atoms with E-state index < -0.39 is 0 Å². The van der Waals surface area contributed by atoms with Crippen LogP contribution in [0.1, 0.15) is 12.0 Å². The number of rotatable bonds is 0. The molecule has 0 bridgehead atoms. The van der Waals surface area contributed by atoms with Gasteiger partial charge in [-0.15, -0.1) is 0 Å². The van der Waals surface area contributed by atoms with Crippen molar-refractivity contribution in [1.82, 2.24) is 9.36 Å². The average Bonchev–Trinajstić information content (AvgIpc) is 2.53. The number of fused-ring (bicyclic) bond motifs is 1. The van der Waals surface area contributed by atoms with Crippen LogP contribution >= 0.6 is 0 Å². The Hall–Kier alpha value is -1.19. The Bertz CT molecular complexity index is 347. The van der Waals surface area contributed by atoms with Crippen molar-refractivity contribution in [2.45, 2.75) is 26.4 Å². The van der Waals surface area contributed by atoms with Crippen molar-refractivity contribution in [2.24, 2.45) is 0 Å². The summed E-state index contributed by atoms with van der Waals surface area (Å²) >= 11 is 0. The summed E-state index contributed by atoms with van der Waals surface area (Å²) in [6.07, 6.45) is 1.03. The van der Waals surface area contributed by atoms with E-state index in [1.165, 1.54) is 0 Å². The predicted molar refractivity (Wildman–Crippen MR) is 42.5 cm³/mol. The van der Waals surface area contributed by atoms with Crippen LogP contribution in [0.2, 0.25) is 0 Å². The maximum Gasteiger partial charge on any atom is 0.271 e. The molecule has 0 saturated heterocycles. The predicted octanol–water partition coefficient (Wildman–Crippen LogP) is -0.0559. The maximum absolute atomic E-state index is 11.3. The minimum absolute atomic E-state index is 0.0694.